The monoisotopic (exact) mass is 1380 g/mol. The molecule has 6 aromatic carbocycles. The van der Waals surface area contributed by atoms with E-state index < -0.39 is 173 Å². The Labute approximate surface area is 567 Å². The van der Waals surface area contributed by atoms with Crippen molar-refractivity contribution in [1.29, 1.82) is 0 Å². The van der Waals surface area contributed by atoms with Crippen molar-refractivity contribution in [3.63, 3.8) is 0 Å². The Kier molecular flexibility index (Phi) is 25.0. The maximum atomic E-state index is 15.7. The molecule has 0 aromatic heterocycles. The Hall–Kier alpha value is -8.92. The van der Waals surface area contributed by atoms with Crippen LogP contribution >= 0.6 is 0 Å². The van der Waals surface area contributed by atoms with E-state index in [1.165, 1.54) is 0 Å². The van der Waals surface area contributed by atoms with Crippen LogP contribution < -0.4 is 26.6 Å². The Morgan fingerprint density at radius 1 is 0.404 bits per heavy atom. The first-order valence-corrected chi connectivity index (χ1v) is 32.2. The van der Waals surface area contributed by atoms with Crippen LogP contribution in [0.5, 0.6) is 0 Å². The lowest BCUT2D eigenvalue weighted by Crippen LogP contribution is -2.71. The number of aliphatic hydroxyl groups excluding tert-OH is 5. The topological polar surface area (TPSA) is 367 Å². The maximum Gasteiger partial charge on any atom is 0.407 e. The highest BCUT2D eigenvalue weighted by atomic mass is 19.1. The van der Waals surface area contributed by atoms with Crippen LogP contribution in [0, 0.1) is 0 Å². The number of carbonyl (C=O) groups excluding carboxylic acids is 5. The number of carbonyl (C=O) groups is 5. The molecule has 29 heteroatoms. The summed E-state index contributed by atoms with van der Waals surface area (Å²) < 4.78 is 94.3. The van der Waals surface area contributed by atoms with Gasteiger partial charge in [-0.3, -0.25) is 0 Å². The zero-order valence-electron chi connectivity index (χ0n) is 53.2. The number of alkyl halides is 1. The van der Waals surface area contributed by atoms with Crippen molar-refractivity contribution >= 4 is 30.5 Å². The SMILES string of the molecule is O=C(NCC1OC(OC2C(CF)OC(OC3C(O)C(NC(=O)OCc4ccccc4)CC(NC(=O)OCc4ccccc4)C3OC3OC4COC(c5ccccc5)OC4C(O)C3NC(=O)OCc3ccccc3)C2O)C(NC(=O)OCc2ccccc2)C(O)C1O)OCc1ccccc1. The standard InChI is InChI=1S/C70H78FN5O23/c71-32-48-59(98-63-51(75-69(85)91-37-43-25-13-4-14-26-43)55(79)54(78)49(94-63)33-72-66(82)88-34-40-19-7-1-8-20-40)57(81)65(93-48)99-61-53(77)46(73-67(83)89-35-41-21-9-2-10-22-41)31-47(74-68(84)90-36-42-23-11-3-12-24-42)58(61)96-64-52(76-70(86)92-38-44-27-15-5-16-28-44)56(80)60-50(95-64)39-87-62(97-60)45-29-17-6-18-30-45/h1-30,46-65,77-81H,31-39H2,(H,72,82)(H,73,83)(H,74,84)(H,75,85)(H,76,86). The fourth-order valence-electron chi connectivity index (χ4n) is 12.0. The van der Waals surface area contributed by atoms with Gasteiger partial charge in [0.2, 0.25) is 0 Å². The minimum absolute atomic E-state index is 0.135. The zero-order chi connectivity index (χ0) is 69.2. The summed E-state index contributed by atoms with van der Waals surface area (Å²) in [6.45, 7) is -3.26. The average molecular weight is 1380 g/mol. The first-order valence-electron chi connectivity index (χ1n) is 32.2. The van der Waals surface area contributed by atoms with Gasteiger partial charge < -0.3 is 114 Å². The number of hydrogen-bond donors (Lipinski definition) is 10. The fraction of sp³-hybridized carbons (Fsp3) is 0.414. The Balaban J connectivity index is 0.897. The van der Waals surface area contributed by atoms with Gasteiger partial charge in [0.25, 0.3) is 0 Å². The summed E-state index contributed by atoms with van der Waals surface area (Å²) in [5.74, 6) is 0. The quantitative estimate of drug-likeness (QED) is 0.0367. The number of nitrogens with one attached hydrogen (secondary N) is 5. The lowest BCUT2D eigenvalue weighted by Gasteiger charge is -2.50. The molecule has 10 N–H and O–H groups in total. The van der Waals surface area contributed by atoms with Crippen molar-refractivity contribution in [3.05, 3.63) is 215 Å². The number of aliphatic hydroxyl groups is 5. The molecule has 11 rings (SSSR count). The van der Waals surface area contributed by atoms with E-state index in [1.54, 1.807) is 182 Å². The van der Waals surface area contributed by atoms with Gasteiger partial charge in [-0.15, -0.1) is 0 Å². The van der Waals surface area contributed by atoms with Crippen LogP contribution in [0.15, 0.2) is 182 Å². The van der Waals surface area contributed by atoms with Gasteiger partial charge in [0.1, 0.15) is 125 Å². The molecule has 0 bridgehead atoms. The molecule has 4 saturated heterocycles. The molecule has 1 saturated carbocycles. The molecule has 6 aromatic rings. The second-order valence-corrected chi connectivity index (χ2v) is 24.0. The van der Waals surface area contributed by atoms with E-state index in [1.807, 2.05) is 0 Å². The van der Waals surface area contributed by atoms with Crippen LogP contribution in [0.3, 0.4) is 0 Å². The van der Waals surface area contributed by atoms with Gasteiger partial charge in [-0.05, 0) is 34.2 Å². The van der Waals surface area contributed by atoms with E-state index in [0.29, 0.717) is 33.4 Å². The van der Waals surface area contributed by atoms with Gasteiger partial charge in [0.15, 0.2) is 25.2 Å². The predicted molar refractivity (Wildman–Crippen MR) is 340 cm³/mol. The van der Waals surface area contributed by atoms with Crippen molar-refractivity contribution in [2.45, 2.75) is 162 Å². The number of hydrogen-bond acceptors (Lipinski definition) is 23. The molecule has 5 amide bonds. The lowest BCUT2D eigenvalue weighted by atomic mass is 9.83. The minimum Gasteiger partial charge on any atom is -0.445 e. The number of amides is 5. The number of halogens is 1. The van der Waals surface area contributed by atoms with Crippen LogP contribution in [0.4, 0.5) is 28.4 Å². The average Bonchev–Trinajstić information content (AvgIpc) is 1.62. The van der Waals surface area contributed by atoms with Crippen LogP contribution in [0.2, 0.25) is 0 Å². The van der Waals surface area contributed by atoms with Gasteiger partial charge in [-0.25, -0.2) is 28.4 Å². The molecule has 528 valence electrons. The predicted octanol–water partition coefficient (Wildman–Crippen LogP) is 4.72. The molecule has 28 nitrogen and oxygen atoms in total. The minimum atomic E-state index is -2.13. The van der Waals surface area contributed by atoms with Gasteiger partial charge in [-0.2, -0.15) is 0 Å². The van der Waals surface area contributed by atoms with E-state index in [0.717, 1.165) is 0 Å². The Morgan fingerprint density at radius 2 is 0.808 bits per heavy atom. The van der Waals surface area contributed by atoms with Crippen molar-refractivity contribution in [3.8, 4) is 0 Å². The van der Waals surface area contributed by atoms with Crippen molar-refractivity contribution in [2.75, 3.05) is 19.8 Å². The van der Waals surface area contributed by atoms with Gasteiger partial charge in [0, 0.05) is 12.1 Å². The van der Waals surface area contributed by atoms with Crippen LogP contribution in [0.1, 0.15) is 46.1 Å². The zero-order valence-corrected chi connectivity index (χ0v) is 53.2. The summed E-state index contributed by atoms with van der Waals surface area (Å²) in [6, 6.07) is 45.8. The van der Waals surface area contributed by atoms with Gasteiger partial charge >= 0.3 is 30.5 Å². The molecule has 4 aliphatic heterocycles. The molecule has 0 radical (unpaired) electrons. The van der Waals surface area contributed by atoms with E-state index >= 15 is 4.39 Å². The summed E-state index contributed by atoms with van der Waals surface area (Å²) in [5, 5.41) is 74.0. The number of alkyl carbamates (subject to hydrolysis) is 5. The second-order valence-electron chi connectivity index (χ2n) is 24.0. The summed E-state index contributed by atoms with van der Waals surface area (Å²) in [4.78, 5) is 68.5. The van der Waals surface area contributed by atoms with Crippen LogP contribution in [0.25, 0.3) is 0 Å². The number of benzene rings is 6. The highest BCUT2D eigenvalue weighted by molar-refractivity contribution is 5.70. The Morgan fingerprint density at radius 3 is 1.29 bits per heavy atom. The molecule has 20 unspecified atom stereocenters. The highest BCUT2D eigenvalue weighted by Gasteiger charge is 2.58. The number of ether oxygens (including phenoxy) is 13. The third-order valence-corrected chi connectivity index (χ3v) is 17.1. The summed E-state index contributed by atoms with van der Waals surface area (Å²) in [7, 11) is 0. The molecule has 20 atom stereocenters. The van der Waals surface area contributed by atoms with Crippen molar-refractivity contribution in [1.82, 2.24) is 26.6 Å². The lowest BCUT2D eigenvalue weighted by molar-refractivity contribution is -0.358. The molecule has 5 aliphatic rings. The highest BCUT2D eigenvalue weighted by Crippen LogP contribution is 2.39. The first-order chi connectivity index (χ1) is 48.1. The molecule has 0 spiro atoms. The summed E-state index contributed by atoms with van der Waals surface area (Å²) >= 11 is 0. The largest absolute Gasteiger partial charge is 0.445 e. The van der Waals surface area contributed by atoms with Crippen LogP contribution in [-0.2, 0) is 94.6 Å². The van der Waals surface area contributed by atoms with E-state index in [9.17, 15) is 49.5 Å². The smallest absolute Gasteiger partial charge is 0.407 e. The van der Waals surface area contributed by atoms with Crippen molar-refractivity contribution in [2.24, 2.45) is 0 Å². The fourth-order valence-corrected chi connectivity index (χ4v) is 12.0. The van der Waals surface area contributed by atoms with E-state index in [2.05, 4.69) is 26.6 Å². The molecule has 4 heterocycles. The third kappa shape index (κ3) is 19.1. The van der Waals surface area contributed by atoms with Gasteiger partial charge in [-0.1, -0.05) is 182 Å². The van der Waals surface area contributed by atoms with Crippen molar-refractivity contribution < 1.29 is 115 Å². The summed E-state index contributed by atoms with van der Waals surface area (Å²) in [6.07, 6.45) is -33.5. The Bertz CT molecular complexity index is 3520. The molecule has 5 fully saturated rings. The van der Waals surface area contributed by atoms with Crippen LogP contribution in [-0.4, -0.2) is 192 Å². The number of fused-ring (bicyclic) bond motifs is 1. The molecule has 1 aliphatic carbocycles. The van der Waals surface area contributed by atoms with E-state index in [-0.39, 0.29) is 39.6 Å². The van der Waals surface area contributed by atoms with E-state index in [4.69, 9.17) is 61.6 Å². The molecular formula is C70H78FN5O23. The maximum absolute atomic E-state index is 15.7. The summed E-state index contributed by atoms with van der Waals surface area (Å²) in [5.41, 5.74) is 3.65. The second kappa shape index (κ2) is 34.7. The number of rotatable bonds is 24. The first kappa shape index (κ1) is 71.4. The van der Waals surface area contributed by atoms with Gasteiger partial charge in [0.05, 0.1) is 18.7 Å². The third-order valence-electron chi connectivity index (χ3n) is 17.1. The molecule has 99 heavy (non-hydrogen) atoms. The molecular weight excluding hydrogens is 1300 g/mol. The normalized spacial score (nSPS) is 30.2.